The summed E-state index contributed by atoms with van der Waals surface area (Å²) in [4.78, 5) is 12.7. The Morgan fingerprint density at radius 2 is 0.453 bits per heavy atom. The van der Waals surface area contributed by atoms with Gasteiger partial charge in [-0.1, -0.05) is 393 Å². The third-order valence-electron chi connectivity index (χ3n) is 17.1. The Kier molecular flexibility index (Phi) is 63.5. The predicted octanol–water partition coefficient (Wildman–Crippen LogP) is 21.4. The molecule has 0 aromatic carbocycles. The lowest BCUT2D eigenvalue weighted by molar-refractivity contribution is -0.132. The van der Waals surface area contributed by atoms with E-state index in [1.165, 1.54) is 340 Å². The Hall–Kier alpha value is -0.690. The van der Waals surface area contributed by atoms with Crippen LogP contribution in [-0.4, -0.2) is 57.3 Å². The molecule has 0 aromatic heterocycles. The van der Waals surface area contributed by atoms with Crippen LogP contribution in [0.1, 0.15) is 406 Å². The minimum absolute atomic E-state index is 0.377. The van der Waals surface area contributed by atoms with Gasteiger partial charge in [-0.15, -0.1) is 0 Å². The standard InChI is InChI=1S/C69H139NO5/c1-3-5-7-9-11-13-15-17-19-21-23-25-27-29-30-31-32-33-34-35-36-37-39-41-43-45-47-49-51-53-55-57-59-61-63-67(73)69(75)70-65(64-71)68(74)66(72)62-60-58-56-54-52-50-48-46-44-42-40-38-28-26-24-22-20-18-16-14-12-10-8-6-4-2/h65-68,71-74H,3-64H2,1-2H3,(H,70,75). The third-order valence-corrected chi connectivity index (χ3v) is 17.1. The maximum absolute atomic E-state index is 12.7. The van der Waals surface area contributed by atoms with Crippen molar-refractivity contribution in [3.63, 3.8) is 0 Å². The van der Waals surface area contributed by atoms with Crippen LogP contribution < -0.4 is 5.32 Å². The zero-order valence-electron chi connectivity index (χ0n) is 51.3. The molecule has 0 aliphatic rings. The molecule has 0 saturated heterocycles. The molecule has 6 nitrogen and oxygen atoms in total. The Balaban J connectivity index is 3.49. The van der Waals surface area contributed by atoms with Gasteiger partial charge in [0.05, 0.1) is 18.8 Å². The largest absolute Gasteiger partial charge is 0.394 e. The van der Waals surface area contributed by atoms with E-state index in [-0.39, 0.29) is 0 Å². The first-order chi connectivity index (χ1) is 37.0. The number of amides is 1. The zero-order valence-corrected chi connectivity index (χ0v) is 51.3. The molecular formula is C69H139NO5. The minimum Gasteiger partial charge on any atom is -0.394 e. The number of carbonyl (C=O) groups is 1. The molecule has 4 unspecified atom stereocenters. The van der Waals surface area contributed by atoms with Gasteiger partial charge >= 0.3 is 0 Å². The molecule has 75 heavy (non-hydrogen) atoms. The van der Waals surface area contributed by atoms with Gasteiger partial charge in [0.15, 0.2) is 0 Å². The van der Waals surface area contributed by atoms with Crippen molar-refractivity contribution in [3.05, 3.63) is 0 Å². The van der Waals surface area contributed by atoms with Crippen molar-refractivity contribution in [2.45, 2.75) is 430 Å². The van der Waals surface area contributed by atoms with Gasteiger partial charge in [-0.2, -0.15) is 0 Å². The van der Waals surface area contributed by atoms with E-state index in [0.29, 0.717) is 12.8 Å². The molecule has 0 heterocycles. The number of unbranched alkanes of at least 4 members (excludes halogenated alkanes) is 57. The normalized spacial score (nSPS) is 13.4. The number of aliphatic hydroxyl groups excluding tert-OH is 4. The quantitative estimate of drug-likeness (QED) is 0.0390. The smallest absolute Gasteiger partial charge is 0.249 e. The first kappa shape index (κ1) is 74.3. The van der Waals surface area contributed by atoms with Gasteiger partial charge in [0.25, 0.3) is 0 Å². The molecule has 0 aliphatic heterocycles. The summed E-state index contributed by atoms with van der Waals surface area (Å²) in [7, 11) is 0. The summed E-state index contributed by atoms with van der Waals surface area (Å²) in [5.74, 6) is -0.573. The summed E-state index contributed by atoms with van der Waals surface area (Å²) < 4.78 is 0. The second-order valence-corrected chi connectivity index (χ2v) is 24.6. The number of nitrogens with one attached hydrogen (secondary N) is 1. The summed E-state index contributed by atoms with van der Waals surface area (Å²) in [6.45, 7) is 4.12. The van der Waals surface area contributed by atoms with E-state index in [0.717, 1.165) is 38.5 Å². The summed E-state index contributed by atoms with van der Waals surface area (Å²) in [6, 6.07) is -0.982. The van der Waals surface area contributed by atoms with E-state index >= 15 is 0 Å². The summed E-state index contributed by atoms with van der Waals surface area (Å²) in [5, 5.41) is 44.2. The van der Waals surface area contributed by atoms with Gasteiger partial charge in [-0.25, -0.2) is 0 Å². The molecule has 0 fully saturated rings. The van der Waals surface area contributed by atoms with E-state index in [2.05, 4.69) is 19.2 Å². The average molecular weight is 1060 g/mol. The molecule has 0 radical (unpaired) electrons. The monoisotopic (exact) mass is 1060 g/mol. The van der Waals surface area contributed by atoms with Gasteiger partial charge < -0.3 is 25.7 Å². The highest BCUT2D eigenvalue weighted by Gasteiger charge is 2.28. The fourth-order valence-electron chi connectivity index (χ4n) is 11.6. The van der Waals surface area contributed by atoms with Crippen molar-refractivity contribution < 1.29 is 25.2 Å². The van der Waals surface area contributed by atoms with Crippen molar-refractivity contribution in [2.24, 2.45) is 0 Å². The lowest BCUT2D eigenvalue weighted by atomic mass is 9.99. The Bertz CT molecular complexity index is 1060. The molecule has 6 heteroatoms. The van der Waals surface area contributed by atoms with Gasteiger partial charge in [0.1, 0.15) is 12.2 Å². The van der Waals surface area contributed by atoms with Crippen LogP contribution in [0, 0.1) is 0 Å². The molecule has 4 atom stereocenters. The molecule has 0 aromatic rings. The number of aliphatic hydroxyl groups is 4. The lowest BCUT2D eigenvalue weighted by Gasteiger charge is -2.27. The van der Waals surface area contributed by atoms with Crippen molar-refractivity contribution in [2.75, 3.05) is 6.61 Å². The van der Waals surface area contributed by atoms with Crippen molar-refractivity contribution in [1.82, 2.24) is 5.32 Å². The first-order valence-electron chi connectivity index (χ1n) is 34.9. The highest BCUT2D eigenvalue weighted by atomic mass is 16.3. The highest BCUT2D eigenvalue weighted by Crippen LogP contribution is 2.20. The Labute approximate surface area is 470 Å². The fraction of sp³-hybridized carbons (Fsp3) is 0.986. The minimum atomic E-state index is -1.26. The van der Waals surface area contributed by atoms with Crippen molar-refractivity contribution >= 4 is 5.91 Å². The van der Waals surface area contributed by atoms with Gasteiger partial charge in [-0.05, 0) is 12.8 Å². The SMILES string of the molecule is CCCCCCCCCCCCCCCCCCCCCCCCCCCCCCCCCCCCC(O)C(=O)NC(CO)C(O)C(O)CCCCCCCCCCCCCCCCCCCCCCCCCCC. The van der Waals surface area contributed by atoms with Gasteiger partial charge in [-0.3, -0.25) is 4.79 Å². The van der Waals surface area contributed by atoms with Gasteiger partial charge in [0, 0.05) is 0 Å². The number of hydrogen-bond donors (Lipinski definition) is 5. The maximum Gasteiger partial charge on any atom is 0.249 e. The van der Waals surface area contributed by atoms with E-state index in [4.69, 9.17) is 0 Å². The summed E-state index contributed by atoms with van der Waals surface area (Å²) in [6.07, 6.45) is 78.0. The van der Waals surface area contributed by atoms with E-state index in [1.54, 1.807) is 0 Å². The van der Waals surface area contributed by atoms with Crippen molar-refractivity contribution in [1.29, 1.82) is 0 Å². The maximum atomic E-state index is 12.7. The number of carbonyl (C=O) groups excluding carboxylic acids is 1. The molecule has 1 amide bonds. The van der Waals surface area contributed by atoms with Crippen LogP contribution in [0.15, 0.2) is 0 Å². The molecule has 5 N–H and O–H groups in total. The summed E-state index contributed by atoms with van der Waals surface area (Å²) >= 11 is 0. The molecule has 0 spiro atoms. The van der Waals surface area contributed by atoms with Crippen LogP contribution in [0.3, 0.4) is 0 Å². The second kappa shape index (κ2) is 64.1. The van der Waals surface area contributed by atoms with Crippen LogP contribution in [0.2, 0.25) is 0 Å². The number of hydrogen-bond acceptors (Lipinski definition) is 5. The topological polar surface area (TPSA) is 110 Å². The highest BCUT2D eigenvalue weighted by molar-refractivity contribution is 5.80. The number of rotatable bonds is 66. The lowest BCUT2D eigenvalue weighted by Crippen LogP contribution is -2.53. The van der Waals surface area contributed by atoms with Crippen LogP contribution >= 0.6 is 0 Å². The van der Waals surface area contributed by atoms with E-state index in [1.807, 2.05) is 0 Å². The van der Waals surface area contributed by atoms with Crippen molar-refractivity contribution in [3.8, 4) is 0 Å². The van der Waals surface area contributed by atoms with Crippen LogP contribution in [-0.2, 0) is 4.79 Å². The average Bonchev–Trinajstić information content (AvgIpc) is 3.42. The molecule has 0 rings (SSSR count). The van der Waals surface area contributed by atoms with Crippen LogP contribution in [0.25, 0.3) is 0 Å². The van der Waals surface area contributed by atoms with Gasteiger partial charge in [0.2, 0.25) is 5.91 Å². The molecule has 0 aliphatic carbocycles. The Morgan fingerprint density at radius 1 is 0.280 bits per heavy atom. The van der Waals surface area contributed by atoms with E-state index < -0.39 is 36.9 Å². The fourth-order valence-corrected chi connectivity index (χ4v) is 11.6. The zero-order chi connectivity index (χ0) is 54.4. The second-order valence-electron chi connectivity index (χ2n) is 24.6. The molecular weight excluding hydrogens is 923 g/mol. The molecule has 450 valence electrons. The first-order valence-corrected chi connectivity index (χ1v) is 34.9. The third kappa shape index (κ3) is 57.8. The van der Waals surface area contributed by atoms with Crippen LogP contribution in [0.5, 0.6) is 0 Å². The Morgan fingerprint density at radius 3 is 0.640 bits per heavy atom. The molecule has 0 saturated carbocycles. The molecule has 0 bridgehead atoms. The predicted molar refractivity (Wildman–Crippen MR) is 330 cm³/mol. The van der Waals surface area contributed by atoms with Crippen LogP contribution in [0.4, 0.5) is 0 Å². The van der Waals surface area contributed by atoms with E-state index in [9.17, 15) is 25.2 Å². The summed E-state index contributed by atoms with van der Waals surface area (Å²) in [5.41, 5.74) is 0.